The molecule has 6 heteroatoms. The Kier molecular flexibility index (Phi) is 4.96. The van der Waals surface area contributed by atoms with E-state index in [0.717, 1.165) is 24.9 Å². The van der Waals surface area contributed by atoms with Gasteiger partial charge < -0.3 is 11.1 Å². The van der Waals surface area contributed by atoms with Crippen molar-refractivity contribution in [2.45, 2.75) is 33.1 Å². The molecule has 0 aromatic heterocycles. The van der Waals surface area contributed by atoms with E-state index < -0.39 is 0 Å². The number of aliphatic imine (C=N–C) groups is 1. The Morgan fingerprint density at radius 2 is 1.68 bits per heavy atom. The first-order valence-corrected chi connectivity index (χ1v) is 10.3. The Labute approximate surface area is 165 Å². The fourth-order valence-electron chi connectivity index (χ4n) is 5.03. The van der Waals surface area contributed by atoms with Gasteiger partial charge >= 0.3 is 0 Å². The number of allylic oxidation sites excluding steroid dienone is 2. The smallest absolute Gasteiger partial charge is 0.233 e. The van der Waals surface area contributed by atoms with Gasteiger partial charge in [-0.3, -0.25) is 19.5 Å². The summed E-state index contributed by atoms with van der Waals surface area (Å²) in [5, 5.41) is 3.22. The van der Waals surface area contributed by atoms with Crippen molar-refractivity contribution in [3.05, 3.63) is 41.5 Å². The van der Waals surface area contributed by atoms with Crippen LogP contribution in [0.4, 0.5) is 5.69 Å². The van der Waals surface area contributed by atoms with E-state index >= 15 is 0 Å². The molecular formula is C22H28N4O2. The number of aryl methyl sites for hydroxylation is 2. The Morgan fingerprint density at radius 3 is 2.21 bits per heavy atom. The van der Waals surface area contributed by atoms with Crippen LogP contribution in [-0.2, 0) is 22.4 Å². The summed E-state index contributed by atoms with van der Waals surface area (Å²) in [6.45, 7) is 4.82. The van der Waals surface area contributed by atoms with Crippen LogP contribution in [0.5, 0.6) is 0 Å². The number of fused-ring (bicyclic) bond motifs is 5. The van der Waals surface area contributed by atoms with Gasteiger partial charge in [0.25, 0.3) is 0 Å². The van der Waals surface area contributed by atoms with Crippen LogP contribution in [0.1, 0.15) is 31.4 Å². The molecule has 6 nitrogen and oxygen atoms in total. The molecular weight excluding hydrogens is 352 g/mol. The van der Waals surface area contributed by atoms with Crippen molar-refractivity contribution in [1.82, 2.24) is 4.90 Å². The Balaban J connectivity index is 1.40. The molecule has 2 bridgehead atoms. The number of likely N-dealkylation sites (tertiary alicyclic amines) is 1. The van der Waals surface area contributed by atoms with Crippen LogP contribution < -0.4 is 11.1 Å². The van der Waals surface area contributed by atoms with Gasteiger partial charge in [-0.25, -0.2) is 0 Å². The molecule has 0 spiro atoms. The molecule has 1 heterocycles. The number of guanidine groups is 1. The quantitative estimate of drug-likeness (QED) is 0.343. The molecule has 4 atom stereocenters. The predicted octanol–water partition coefficient (Wildman–Crippen LogP) is 2.35. The molecule has 1 aliphatic heterocycles. The van der Waals surface area contributed by atoms with E-state index in [1.165, 1.54) is 16.0 Å². The molecule has 148 valence electrons. The molecule has 1 aromatic carbocycles. The average molecular weight is 380 g/mol. The van der Waals surface area contributed by atoms with E-state index in [1.54, 1.807) is 0 Å². The number of nitrogens with one attached hydrogen (secondary N) is 1. The van der Waals surface area contributed by atoms with Gasteiger partial charge in [0, 0.05) is 12.2 Å². The van der Waals surface area contributed by atoms with Crippen LogP contribution in [0.2, 0.25) is 0 Å². The number of rotatable bonds is 6. The monoisotopic (exact) mass is 380 g/mol. The van der Waals surface area contributed by atoms with Crippen LogP contribution in [0.25, 0.3) is 0 Å². The summed E-state index contributed by atoms with van der Waals surface area (Å²) in [7, 11) is 0. The maximum absolute atomic E-state index is 12.7. The SMILES string of the molecule is CCc1cccc(CC)c1NC(N)=NCCN1C(=O)C2C3C=CC(C3)C2C1=O. The van der Waals surface area contributed by atoms with Gasteiger partial charge in [0.1, 0.15) is 0 Å². The highest BCUT2D eigenvalue weighted by Gasteiger charge is 2.58. The lowest BCUT2D eigenvalue weighted by molar-refractivity contribution is -0.140. The third-order valence-corrected chi connectivity index (χ3v) is 6.42. The van der Waals surface area contributed by atoms with Gasteiger partial charge in [-0.1, -0.05) is 44.2 Å². The zero-order valence-corrected chi connectivity index (χ0v) is 16.5. The van der Waals surface area contributed by atoms with Crippen molar-refractivity contribution in [2.75, 3.05) is 18.4 Å². The van der Waals surface area contributed by atoms with Crippen molar-refractivity contribution >= 4 is 23.5 Å². The molecule has 3 aliphatic rings. The summed E-state index contributed by atoms with van der Waals surface area (Å²) >= 11 is 0. The lowest BCUT2D eigenvalue weighted by atomic mass is 9.85. The van der Waals surface area contributed by atoms with Crippen LogP contribution >= 0.6 is 0 Å². The van der Waals surface area contributed by atoms with Gasteiger partial charge in [-0.15, -0.1) is 0 Å². The lowest BCUT2D eigenvalue weighted by Crippen LogP contribution is -2.35. The van der Waals surface area contributed by atoms with Crippen molar-refractivity contribution in [2.24, 2.45) is 34.4 Å². The second-order valence-corrected chi connectivity index (χ2v) is 7.88. The first kappa shape index (κ1) is 18.7. The number of nitrogens with two attached hydrogens (primary N) is 1. The maximum atomic E-state index is 12.7. The van der Waals surface area contributed by atoms with Crippen LogP contribution in [-0.4, -0.2) is 35.8 Å². The number of carbonyl (C=O) groups is 2. The molecule has 3 N–H and O–H groups in total. The summed E-state index contributed by atoms with van der Waals surface area (Å²) in [4.78, 5) is 31.2. The minimum absolute atomic E-state index is 0.0295. The molecule has 2 amide bonds. The number of imide groups is 1. The summed E-state index contributed by atoms with van der Waals surface area (Å²) in [6, 6.07) is 6.22. The highest BCUT2D eigenvalue weighted by Crippen LogP contribution is 2.52. The summed E-state index contributed by atoms with van der Waals surface area (Å²) in [5.74, 6) is 0.443. The van der Waals surface area contributed by atoms with Crippen LogP contribution in [0.15, 0.2) is 35.3 Å². The third-order valence-electron chi connectivity index (χ3n) is 6.42. The van der Waals surface area contributed by atoms with E-state index in [9.17, 15) is 9.59 Å². The number of anilines is 1. The van der Waals surface area contributed by atoms with Gasteiger partial charge in [0.2, 0.25) is 11.8 Å². The molecule has 4 rings (SSSR count). The molecule has 2 fully saturated rings. The first-order chi connectivity index (χ1) is 13.5. The standard InChI is InChI=1S/C22H28N4O2/c1-3-13-6-5-7-14(4-2)19(13)25-22(23)24-10-11-26-20(27)17-15-8-9-16(12-15)18(17)21(26)28/h5-9,15-18H,3-4,10-12H2,1-2H3,(H3,23,24,25). The Hall–Kier alpha value is -2.63. The van der Waals surface area contributed by atoms with E-state index in [0.29, 0.717) is 19.0 Å². The van der Waals surface area contributed by atoms with Gasteiger partial charge in [-0.2, -0.15) is 0 Å². The molecule has 2 aliphatic carbocycles. The van der Waals surface area contributed by atoms with Gasteiger partial charge in [-0.05, 0) is 42.2 Å². The number of nitrogens with zero attached hydrogens (tertiary/aromatic N) is 2. The Morgan fingerprint density at radius 1 is 1.11 bits per heavy atom. The molecule has 1 saturated carbocycles. The average Bonchev–Trinajstić information content (AvgIpc) is 3.37. The van der Waals surface area contributed by atoms with Crippen molar-refractivity contribution < 1.29 is 9.59 Å². The second kappa shape index (κ2) is 7.41. The highest BCUT2D eigenvalue weighted by molar-refractivity contribution is 6.06. The number of benzene rings is 1. The number of carbonyl (C=O) groups excluding carboxylic acids is 2. The fourth-order valence-corrected chi connectivity index (χ4v) is 5.03. The first-order valence-electron chi connectivity index (χ1n) is 10.3. The zero-order valence-electron chi connectivity index (χ0n) is 16.5. The largest absolute Gasteiger partial charge is 0.370 e. The van der Waals surface area contributed by atoms with Crippen molar-refractivity contribution in [3.8, 4) is 0 Å². The summed E-state index contributed by atoms with van der Waals surface area (Å²) in [6.07, 6.45) is 6.97. The molecule has 0 radical (unpaired) electrons. The number of para-hydroxylation sites is 1. The third kappa shape index (κ3) is 3.01. The predicted molar refractivity (Wildman–Crippen MR) is 110 cm³/mol. The zero-order chi connectivity index (χ0) is 19.8. The normalized spacial score (nSPS) is 28.4. The van der Waals surface area contributed by atoms with Crippen molar-refractivity contribution in [1.29, 1.82) is 0 Å². The topological polar surface area (TPSA) is 87.8 Å². The van der Waals surface area contributed by atoms with E-state index in [1.807, 2.05) is 0 Å². The van der Waals surface area contributed by atoms with E-state index in [2.05, 4.69) is 54.5 Å². The number of hydrogen-bond donors (Lipinski definition) is 2. The van der Waals surface area contributed by atoms with Gasteiger partial charge in [0.15, 0.2) is 5.96 Å². The number of amides is 2. The van der Waals surface area contributed by atoms with Crippen molar-refractivity contribution in [3.63, 3.8) is 0 Å². The number of hydrogen-bond acceptors (Lipinski definition) is 3. The molecule has 1 saturated heterocycles. The molecule has 28 heavy (non-hydrogen) atoms. The molecule has 4 unspecified atom stereocenters. The highest BCUT2D eigenvalue weighted by atomic mass is 16.2. The second-order valence-electron chi connectivity index (χ2n) is 7.88. The van der Waals surface area contributed by atoms with Gasteiger partial charge in [0.05, 0.1) is 18.4 Å². The maximum Gasteiger partial charge on any atom is 0.233 e. The van der Waals surface area contributed by atoms with Crippen LogP contribution in [0.3, 0.4) is 0 Å². The lowest BCUT2D eigenvalue weighted by Gasteiger charge is -2.17. The summed E-state index contributed by atoms with van der Waals surface area (Å²) in [5.41, 5.74) is 9.49. The Bertz CT molecular complexity index is 808. The minimum Gasteiger partial charge on any atom is -0.370 e. The van der Waals surface area contributed by atoms with E-state index in [4.69, 9.17) is 5.73 Å². The minimum atomic E-state index is -0.148. The van der Waals surface area contributed by atoms with Crippen LogP contribution in [0, 0.1) is 23.7 Å². The van der Waals surface area contributed by atoms with E-state index in [-0.39, 0.29) is 35.5 Å². The summed E-state index contributed by atoms with van der Waals surface area (Å²) < 4.78 is 0. The molecule has 1 aromatic rings. The fraction of sp³-hybridized carbons (Fsp3) is 0.500.